The molecule has 0 bridgehead atoms. The van der Waals surface area contributed by atoms with E-state index in [1.807, 2.05) is 37.3 Å². The summed E-state index contributed by atoms with van der Waals surface area (Å²) >= 11 is 0. The zero-order valence-corrected chi connectivity index (χ0v) is 13.0. The summed E-state index contributed by atoms with van der Waals surface area (Å²) in [6.07, 6.45) is 7.38. The van der Waals surface area contributed by atoms with E-state index in [2.05, 4.69) is 13.0 Å². The molecule has 0 spiro atoms. The number of hydrogen-bond acceptors (Lipinski definition) is 3. The second kappa shape index (κ2) is 12.3. The zero-order valence-electron chi connectivity index (χ0n) is 13.0. The molecule has 112 valence electrons. The highest BCUT2D eigenvalue weighted by Gasteiger charge is 1.90. The Bertz CT molecular complexity index is 380. The van der Waals surface area contributed by atoms with E-state index in [-0.39, 0.29) is 5.97 Å². The third-order valence-corrected chi connectivity index (χ3v) is 2.53. The maximum absolute atomic E-state index is 10.2. The van der Waals surface area contributed by atoms with Crippen LogP contribution in [0.2, 0.25) is 0 Å². The number of unbranched alkanes of at least 4 members (excludes halogenated alkanes) is 2. The van der Waals surface area contributed by atoms with Gasteiger partial charge in [-0.25, -0.2) is 0 Å². The minimum Gasteiger partial charge on any atom is -0.497 e. The van der Waals surface area contributed by atoms with Gasteiger partial charge in [0.2, 0.25) is 0 Å². The molecular weight excluding hydrogens is 252 g/mol. The Balaban J connectivity index is 0.000000370. The molecule has 0 heterocycles. The summed E-state index contributed by atoms with van der Waals surface area (Å²) in [7, 11) is 1.67. The number of hydrogen-bond donors (Lipinski definition) is 0. The highest BCUT2D eigenvalue weighted by Crippen LogP contribution is 2.11. The molecule has 0 radical (unpaired) electrons. The van der Waals surface area contributed by atoms with Gasteiger partial charge in [0.1, 0.15) is 5.75 Å². The SMILES string of the molecule is C/C=C/c1ccc(OC)cc1.CCCCCOC(C)=O. The number of allylic oxidation sites excluding steroid dienone is 1. The van der Waals surface area contributed by atoms with Gasteiger partial charge in [-0.2, -0.15) is 0 Å². The lowest BCUT2D eigenvalue weighted by atomic mass is 10.2. The quantitative estimate of drug-likeness (QED) is 0.569. The van der Waals surface area contributed by atoms with Crippen LogP contribution in [0.5, 0.6) is 5.75 Å². The van der Waals surface area contributed by atoms with Crippen LogP contribution in [-0.2, 0) is 9.53 Å². The van der Waals surface area contributed by atoms with Crippen molar-refractivity contribution in [1.29, 1.82) is 0 Å². The summed E-state index contributed by atoms with van der Waals surface area (Å²) < 4.78 is 9.73. The molecule has 20 heavy (non-hydrogen) atoms. The topological polar surface area (TPSA) is 35.5 Å². The fraction of sp³-hybridized carbons (Fsp3) is 0.471. The first-order valence-corrected chi connectivity index (χ1v) is 7.04. The number of benzene rings is 1. The second-order valence-electron chi connectivity index (χ2n) is 4.32. The Morgan fingerprint density at radius 1 is 1.20 bits per heavy atom. The molecule has 0 aliphatic heterocycles. The zero-order chi connectivity index (χ0) is 15.2. The highest BCUT2D eigenvalue weighted by molar-refractivity contribution is 5.65. The van der Waals surface area contributed by atoms with Gasteiger partial charge in [0.25, 0.3) is 0 Å². The fourth-order valence-corrected chi connectivity index (χ4v) is 1.48. The summed E-state index contributed by atoms with van der Waals surface area (Å²) in [5.74, 6) is 0.726. The number of rotatable bonds is 6. The lowest BCUT2D eigenvalue weighted by Crippen LogP contribution is -1.99. The molecule has 3 heteroatoms. The molecule has 1 aromatic rings. The van der Waals surface area contributed by atoms with E-state index in [0.717, 1.165) is 18.6 Å². The Morgan fingerprint density at radius 3 is 2.30 bits per heavy atom. The van der Waals surface area contributed by atoms with E-state index in [9.17, 15) is 4.79 Å². The smallest absolute Gasteiger partial charge is 0.302 e. The van der Waals surface area contributed by atoms with Gasteiger partial charge in [-0.1, -0.05) is 44.1 Å². The Kier molecular flexibility index (Phi) is 11.2. The molecule has 0 atom stereocenters. The molecule has 1 rings (SSSR count). The van der Waals surface area contributed by atoms with Crippen molar-refractivity contribution in [3.63, 3.8) is 0 Å². The number of methoxy groups -OCH3 is 1. The van der Waals surface area contributed by atoms with Crippen LogP contribution in [0.3, 0.4) is 0 Å². The van der Waals surface area contributed by atoms with Gasteiger partial charge in [-0.05, 0) is 31.0 Å². The van der Waals surface area contributed by atoms with Crippen LogP contribution in [0.4, 0.5) is 0 Å². The maximum atomic E-state index is 10.2. The van der Waals surface area contributed by atoms with Gasteiger partial charge >= 0.3 is 5.97 Å². The van der Waals surface area contributed by atoms with E-state index >= 15 is 0 Å². The van der Waals surface area contributed by atoms with Crippen molar-refractivity contribution in [3.05, 3.63) is 35.9 Å². The van der Waals surface area contributed by atoms with Crippen LogP contribution in [0.1, 0.15) is 45.6 Å². The molecule has 0 aliphatic rings. The normalized spacial score (nSPS) is 9.80. The van der Waals surface area contributed by atoms with E-state index in [1.54, 1.807) is 7.11 Å². The van der Waals surface area contributed by atoms with Crippen molar-refractivity contribution in [2.45, 2.75) is 40.0 Å². The minimum absolute atomic E-state index is 0.175. The van der Waals surface area contributed by atoms with Crippen molar-refractivity contribution in [1.82, 2.24) is 0 Å². The van der Waals surface area contributed by atoms with Crippen molar-refractivity contribution < 1.29 is 14.3 Å². The van der Waals surface area contributed by atoms with Gasteiger partial charge < -0.3 is 9.47 Å². The number of ether oxygens (including phenoxy) is 2. The Hall–Kier alpha value is -1.77. The van der Waals surface area contributed by atoms with Crippen LogP contribution in [0.25, 0.3) is 6.08 Å². The van der Waals surface area contributed by atoms with Crippen LogP contribution >= 0.6 is 0 Å². The van der Waals surface area contributed by atoms with E-state index in [1.165, 1.54) is 18.9 Å². The molecule has 0 aliphatic carbocycles. The molecule has 0 fully saturated rings. The third kappa shape index (κ3) is 10.2. The van der Waals surface area contributed by atoms with Crippen LogP contribution in [0, 0.1) is 0 Å². The Morgan fingerprint density at radius 2 is 1.85 bits per heavy atom. The average Bonchev–Trinajstić information content (AvgIpc) is 2.45. The predicted octanol–water partition coefficient (Wildman–Crippen LogP) is 4.47. The summed E-state index contributed by atoms with van der Waals surface area (Å²) in [4.78, 5) is 10.2. The summed E-state index contributed by atoms with van der Waals surface area (Å²) in [6.45, 7) is 6.15. The molecule has 1 aromatic carbocycles. The number of carbonyl (C=O) groups is 1. The predicted molar refractivity (Wildman–Crippen MR) is 83.9 cm³/mol. The van der Waals surface area contributed by atoms with Crippen LogP contribution in [0.15, 0.2) is 30.3 Å². The first kappa shape index (κ1) is 18.2. The first-order chi connectivity index (χ1) is 9.63. The largest absolute Gasteiger partial charge is 0.497 e. The van der Waals surface area contributed by atoms with Gasteiger partial charge in [-0.15, -0.1) is 0 Å². The molecule has 0 saturated carbocycles. The third-order valence-electron chi connectivity index (χ3n) is 2.53. The van der Waals surface area contributed by atoms with E-state index in [4.69, 9.17) is 9.47 Å². The van der Waals surface area contributed by atoms with Gasteiger partial charge in [0, 0.05) is 6.92 Å². The van der Waals surface area contributed by atoms with Gasteiger partial charge in [0.05, 0.1) is 13.7 Å². The van der Waals surface area contributed by atoms with Crippen LogP contribution < -0.4 is 4.74 Å². The molecule has 0 amide bonds. The molecule has 0 unspecified atom stereocenters. The number of carbonyl (C=O) groups excluding carboxylic acids is 1. The summed E-state index contributed by atoms with van der Waals surface area (Å²) in [6, 6.07) is 7.96. The molecule has 0 saturated heterocycles. The van der Waals surface area contributed by atoms with E-state index in [0.29, 0.717) is 6.61 Å². The first-order valence-electron chi connectivity index (χ1n) is 7.04. The van der Waals surface area contributed by atoms with Gasteiger partial charge in [-0.3, -0.25) is 4.79 Å². The lowest BCUT2D eigenvalue weighted by molar-refractivity contribution is -0.141. The minimum atomic E-state index is -0.175. The summed E-state index contributed by atoms with van der Waals surface area (Å²) in [5, 5.41) is 0. The molecular formula is C17H26O3. The molecule has 0 aromatic heterocycles. The van der Waals surface area contributed by atoms with Crippen molar-refractivity contribution in [2.24, 2.45) is 0 Å². The van der Waals surface area contributed by atoms with Crippen molar-refractivity contribution >= 4 is 12.0 Å². The average molecular weight is 278 g/mol. The fourth-order valence-electron chi connectivity index (χ4n) is 1.48. The number of esters is 1. The molecule has 3 nitrogen and oxygen atoms in total. The highest BCUT2D eigenvalue weighted by atomic mass is 16.5. The maximum Gasteiger partial charge on any atom is 0.302 e. The van der Waals surface area contributed by atoms with E-state index < -0.39 is 0 Å². The lowest BCUT2D eigenvalue weighted by Gasteiger charge is -1.98. The second-order valence-corrected chi connectivity index (χ2v) is 4.32. The summed E-state index contributed by atoms with van der Waals surface area (Å²) in [5.41, 5.74) is 1.20. The standard InChI is InChI=1S/C10H12O.C7H14O2/c1-3-4-9-5-7-10(11-2)8-6-9;1-3-4-5-6-9-7(2)8/h3-8H,1-2H3;3-6H2,1-2H3/b4-3+;. The van der Waals surface area contributed by atoms with Crippen molar-refractivity contribution in [3.8, 4) is 5.75 Å². The molecule has 0 N–H and O–H groups in total. The van der Waals surface area contributed by atoms with Crippen molar-refractivity contribution in [2.75, 3.05) is 13.7 Å². The Labute approximate surface area is 122 Å². The monoisotopic (exact) mass is 278 g/mol. The van der Waals surface area contributed by atoms with Gasteiger partial charge in [0.15, 0.2) is 0 Å². The van der Waals surface area contributed by atoms with Crippen LogP contribution in [-0.4, -0.2) is 19.7 Å².